The highest BCUT2D eigenvalue weighted by molar-refractivity contribution is 7.90. The van der Waals surface area contributed by atoms with Gasteiger partial charge in [0.2, 0.25) is 0 Å². The third-order valence-electron chi connectivity index (χ3n) is 3.40. The second-order valence-electron chi connectivity index (χ2n) is 5.35. The van der Waals surface area contributed by atoms with E-state index in [2.05, 4.69) is 4.98 Å². The van der Waals surface area contributed by atoms with Gasteiger partial charge in [-0.15, -0.1) is 11.3 Å². The lowest BCUT2D eigenvalue weighted by molar-refractivity contribution is -0.137. The molecule has 2 rings (SSSR count). The smallest absolute Gasteiger partial charge is 0.294 e. The Morgan fingerprint density at radius 1 is 1.43 bits per heavy atom. The molecule has 9 heteroatoms. The Kier molecular flexibility index (Phi) is 4.94. The zero-order chi connectivity index (χ0) is 15.7. The van der Waals surface area contributed by atoms with E-state index >= 15 is 0 Å². The summed E-state index contributed by atoms with van der Waals surface area (Å²) in [7, 11) is -3.11. The van der Waals surface area contributed by atoms with Crippen molar-refractivity contribution in [1.29, 1.82) is 0 Å². The van der Waals surface area contributed by atoms with Gasteiger partial charge >= 0.3 is 6.18 Å². The van der Waals surface area contributed by atoms with Crippen molar-refractivity contribution >= 4 is 21.2 Å². The molecule has 0 saturated carbocycles. The first-order chi connectivity index (χ1) is 9.65. The summed E-state index contributed by atoms with van der Waals surface area (Å²) in [6.45, 7) is 0.964. The molecule has 21 heavy (non-hydrogen) atoms. The van der Waals surface area contributed by atoms with Crippen LogP contribution >= 0.6 is 11.3 Å². The van der Waals surface area contributed by atoms with Crippen LogP contribution in [0.15, 0.2) is 5.38 Å². The molecule has 0 N–H and O–H groups in total. The van der Waals surface area contributed by atoms with E-state index in [1.54, 1.807) is 0 Å². The van der Waals surface area contributed by atoms with E-state index in [1.807, 2.05) is 4.90 Å². The molecule has 0 spiro atoms. The van der Waals surface area contributed by atoms with Gasteiger partial charge in [0.25, 0.3) is 0 Å². The molecule has 0 aliphatic carbocycles. The summed E-state index contributed by atoms with van der Waals surface area (Å²) in [6.07, 6.45) is -0.608. The van der Waals surface area contributed by atoms with E-state index in [0.29, 0.717) is 23.6 Å². The van der Waals surface area contributed by atoms with Crippen LogP contribution in [0.3, 0.4) is 0 Å². The van der Waals surface area contributed by atoms with Crippen molar-refractivity contribution < 1.29 is 21.6 Å². The summed E-state index contributed by atoms with van der Waals surface area (Å²) in [6, 6.07) is -0.134. The van der Waals surface area contributed by atoms with Gasteiger partial charge in [-0.05, 0) is 19.4 Å². The Labute approximate surface area is 125 Å². The molecule has 1 aliphatic heterocycles. The average Bonchev–Trinajstić information content (AvgIpc) is 2.78. The fourth-order valence-electron chi connectivity index (χ4n) is 2.52. The summed E-state index contributed by atoms with van der Waals surface area (Å²) in [5.41, 5.74) is 0.354. The van der Waals surface area contributed by atoms with E-state index in [4.69, 9.17) is 0 Å². The van der Waals surface area contributed by atoms with Gasteiger partial charge in [0, 0.05) is 24.2 Å². The number of piperidine rings is 1. The van der Waals surface area contributed by atoms with Crippen molar-refractivity contribution in [3.63, 3.8) is 0 Å². The summed E-state index contributed by atoms with van der Waals surface area (Å²) in [4.78, 5) is 5.54. The zero-order valence-corrected chi connectivity index (χ0v) is 13.2. The molecule has 1 aromatic heterocycles. The molecule has 1 fully saturated rings. The molecule has 0 amide bonds. The van der Waals surface area contributed by atoms with E-state index in [1.165, 1.54) is 11.6 Å². The number of hydrogen-bond donors (Lipinski definition) is 0. The molecular weight excluding hydrogens is 325 g/mol. The van der Waals surface area contributed by atoms with Crippen molar-refractivity contribution in [2.24, 2.45) is 0 Å². The van der Waals surface area contributed by atoms with Gasteiger partial charge < -0.3 is 0 Å². The molecule has 4 nitrogen and oxygen atoms in total. The summed E-state index contributed by atoms with van der Waals surface area (Å²) in [5, 5.41) is 0.545. The fourth-order valence-corrected chi connectivity index (χ4v) is 4.28. The van der Waals surface area contributed by atoms with Crippen LogP contribution in [0.4, 0.5) is 13.2 Å². The van der Waals surface area contributed by atoms with Gasteiger partial charge in [-0.2, -0.15) is 13.2 Å². The Balaban J connectivity index is 2.07. The minimum atomic E-state index is -4.42. The van der Waals surface area contributed by atoms with Crippen LogP contribution in [0, 0.1) is 0 Å². The zero-order valence-electron chi connectivity index (χ0n) is 11.6. The second kappa shape index (κ2) is 6.21. The third-order valence-corrected chi connectivity index (χ3v) is 5.33. The number of alkyl halides is 3. The van der Waals surface area contributed by atoms with Gasteiger partial charge in [-0.1, -0.05) is 6.42 Å². The number of rotatable bonds is 4. The van der Waals surface area contributed by atoms with Crippen molar-refractivity contribution in [3.05, 3.63) is 16.1 Å². The van der Waals surface area contributed by atoms with Crippen molar-refractivity contribution in [3.8, 4) is 0 Å². The first-order valence-corrected chi connectivity index (χ1v) is 9.52. The molecule has 0 radical (unpaired) electrons. The minimum absolute atomic E-state index is 0.0449. The number of thiazole rings is 1. The average molecular weight is 342 g/mol. The highest BCUT2D eigenvalue weighted by atomic mass is 32.2. The Morgan fingerprint density at radius 3 is 2.71 bits per heavy atom. The van der Waals surface area contributed by atoms with Gasteiger partial charge in [-0.25, -0.2) is 13.4 Å². The topological polar surface area (TPSA) is 50.3 Å². The van der Waals surface area contributed by atoms with E-state index < -0.39 is 21.0 Å². The maximum atomic E-state index is 12.5. The maximum absolute atomic E-state index is 12.5. The first-order valence-electron chi connectivity index (χ1n) is 6.58. The normalized spacial score (nSPS) is 21.6. The highest BCUT2D eigenvalue weighted by Gasteiger charge is 2.35. The Hall–Kier alpha value is -0.670. The minimum Gasteiger partial charge on any atom is -0.294 e. The molecule has 0 bridgehead atoms. The third kappa shape index (κ3) is 4.93. The van der Waals surface area contributed by atoms with Gasteiger partial charge in [-0.3, -0.25) is 4.90 Å². The summed E-state index contributed by atoms with van der Waals surface area (Å²) < 4.78 is 60.5. The van der Waals surface area contributed by atoms with Crippen LogP contribution < -0.4 is 0 Å². The predicted octanol–water partition coefficient (Wildman–Crippen LogP) is 2.56. The van der Waals surface area contributed by atoms with Crippen molar-refractivity contribution in [2.45, 2.75) is 38.0 Å². The van der Waals surface area contributed by atoms with Crippen molar-refractivity contribution in [2.75, 3.05) is 18.6 Å². The predicted molar refractivity (Wildman–Crippen MR) is 74.9 cm³/mol. The highest BCUT2D eigenvalue weighted by Crippen LogP contribution is 2.32. The van der Waals surface area contributed by atoms with Crippen LogP contribution in [0.2, 0.25) is 0 Å². The van der Waals surface area contributed by atoms with E-state index in [9.17, 15) is 21.6 Å². The van der Waals surface area contributed by atoms with Gasteiger partial charge in [0.1, 0.15) is 9.84 Å². The number of aromatic nitrogens is 1. The molecular formula is C12H17F3N2O2S2. The second-order valence-corrected chi connectivity index (χ2v) is 8.40. The maximum Gasteiger partial charge on any atom is 0.443 e. The SMILES string of the molecule is CS(=O)(=O)CC1CCCCN1Cc1csc(C(F)(F)F)n1. The van der Waals surface area contributed by atoms with Crippen LogP contribution in [-0.2, 0) is 22.6 Å². The lowest BCUT2D eigenvalue weighted by Gasteiger charge is -2.34. The lowest BCUT2D eigenvalue weighted by atomic mass is 10.0. The molecule has 120 valence electrons. The Bertz CT molecular complexity index is 584. The number of sulfone groups is 1. The number of nitrogens with zero attached hydrogens (tertiary/aromatic N) is 2. The molecule has 1 unspecified atom stereocenters. The number of likely N-dealkylation sites (tertiary alicyclic amines) is 1. The molecule has 1 aromatic rings. The fraction of sp³-hybridized carbons (Fsp3) is 0.750. The quantitative estimate of drug-likeness (QED) is 0.844. The van der Waals surface area contributed by atoms with E-state index in [-0.39, 0.29) is 18.3 Å². The van der Waals surface area contributed by atoms with Crippen LogP contribution in [0.1, 0.15) is 30.0 Å². The van der Waals surface area contributed by atoms with Crippen LogP contribution in [0.25, 0.3) is 0 Å². The Morgan fingerprint density at radius 2 is 2.14 bits per heavy atom. The molecule has 1 saturated heterocycles. The largest absolute Gasteiger partial charge is 0.443 e. The van der Waals surface area contributed by atoms with E-state index in [0.717, 1.165) is 19.3 Å². The molecule has 0 aromatic carbocycles. The lowest BCUT2D eigenvalue weighted by Crippen LogP contribution is -2.43. The molecule has 1 atom stereocenters. The number of hydrogen-bond acceptors (Lipinski definition) is 5. The standard InChI is InChI=1S/C12H17F3N2O2S2/c1-21(18,19)8-10-4-2-3-5-17(10)6-9-7-20-11(16-9)12(13,14)15/h7,10H,2-6,8H2,1H3. The number of halogens is 3. The monoisotopic (exact) mass is 342 g/mol. The summed E-state index contributed by atoms with van der Waals surface area (Å²) in [5.74, 6) is 0.0449. The molecule has 2 heterocycles. The van der Waals surface area contributed by atoms with Crippen LogP contribution in [0.5, 0.6) is 0 Å². The first kappa shape index (κ1) is 16.7. The summed E-state index contributed by atoms with van der Waals surface area (Å²) >= 11 is 0.578. The molecule has 1 aliphatic rings. The van der Waals surface area contributed by atoms with Crippen molar-refractivity contribution in [1.82, 2.24) is 9.88 Å². The van der Waals surface area contributed by atoms with Gasteiger partial charge in [0.05, 0.1) is 11.4 Å². The van der Waals surface area contributed by atoms with Crippen LogP contribution in [-0.4, -0.2) is 42.9 Å². The van der Waals surface area contributed by atoms with Gasteiger partial charge in [0.15, 0.2) is 5.01 Å².